The van der Waals surface area contributed by atoms with Crippen molar-refractivity contribution in [2.24, 2.45) is 5.92 Å². The quantitative estimate of drug-likeness (QED) is 0.390. The SMILES string of the molecule is CC(C)C[C@H](NC(=O)OCC1c2ccccc2-c2ccccc21)C(=O)NCC(=O)OCc1ccccc1. The van der Waals surface area contributed by atoms with E-state index in [0.29, 0.717) is 6.42 Å². The first-order chi connectivity index (χ1) is 17.9. The predicted octanol–water partition coefficient (Wildman–Crippen LogP) is 4.80. The lowest BCUT2D eigenvalue weighted by atomic mass is 9.98. The molecule has 3 aromatic rings. The van der Waals surface area contributed by atoms with Gasteiger partial charge in [-0.15, -0.1) is 0 Å². The fraction of sp³-hybridized carbons (Fsp3) is 0.300. The summed E-state index contributed by atoms with van der Waals surface area (Å²) in [5.74, 6) is -0.954. The van der Waals surface area contributed by atoms with E-state index in [9.17, 15) is 14.4 Å². The minimum atomic E-state index is -0.836. The molecule has 0 spiro atoms. The van der Waals surface area contributed by atoms with Crippen molar-refractivity contribution in [2.45, 2.75) is 38.8 Å². The molecule has 0 bridgehead atoms. The van der Waals surface area contributed by atoms with Gasteiger partial charge in [0, 0.05) is 5.92 Å². The standard InChI is InChI=1S/C30H32N2O5/c1-20(2)16-27(29(34)31-17-28(33)36-18-21-10-4-3-5-11-21)32-30(35)37-19-26-24-14-8-6-12-22(24)23-13-7-9-15-25(23)26/h3-15,20,26-27H,16-19H2,1-2H3,(H,31,34)(H,32,35)/t27-/m0/s1. The van der Waals surface area contributed by atoms with Crippen LogP contribution < -0.4 is 10.6 Å². The summed E-state index contributed by atoms with van der Waals surface area (Å²) in [4.78, 5) is 37.6. The van der Waals surface area contributed by atoms with Crippen molar-refractivity contribution >= 4 is 18.0 Å². The number of nitrogens with one attached hydrogen (secondary N) is 2. The molecule has 2 amide bonds. The number of carbonyl (C=O) groups is 3. The highest BCUT2D eigenvalue weighted by atomic mass is 16.5. The second-order valence-electron chi connectivity index (χ2n) is 9.52. The van der Waals surface area contributed by atoms with E-state index in [1.165, 1.54) is 0 Å². The average Bonchev–Trinajstić information content (AvgIpc) is 3.23. The van der Waals surface area contributed by atoms with Gasteiger partial charge in [-0.05, 0) is 40.2 Å². The molecule has 3 aromatic carbocycles. The minimum Gasteiger partial charge on any atom is -0.460 e. The van der Waals surface area contributed by atoms with Crippen molar-refractivity contribution in [3.05, 3.63) is 95.6 Å². The Balaban J connectivity index is 1.30. The highest BCUT2D eigenvalue weighted by Gasteiger charge is 2.30. The smallest absolute Gasteiger partial charge is 0.407 e. The second-order valence-corrected chi connectivity index (χ2v) is 9.52. The Labute approximate surface area is 217 Å². The molecule has 0 aliphatic heterocycles. The van der Waals surface area contributed by atoms with Gasteiger partial charge in [0.15, 0.2) is 0 Å². The van der Waals surface area contributed by atoms with Gasteiger partial charge in [-0.3, -0.25) is 9.59 Å². The van der Waals surface area contributed by atoms with Gasteiger partial charge in [-0.1, -0.05) is 92.7 Å². The number of rotatable bonds is 10. The molecule has 0 saturated heterocycles. The molecule has 7 nitrogen and oxygen atoms in total. The van der Waals surface area contributed by atoms with Crippen molar-refractivity contribution in [1.29, 1.82) is 0 Å². The summed E-state index contributed by atoms with van der Waals surface area (Å²) in [6, 6.07) is 24.7. The Kier molecular flexibility index (Phi) is 8.56. The van der Waals surface area contributed by atoms with Crippen LogP contribution in [0.4, 0.5) is 4.79 Å². The lowest BCUT2D eigenvalue weighted by molar-refractivity contribution is -0.145. The largest absolute Gasteiger partial charge is 0.460 e. The number of alkyl carbamates (subject to hydrolysis) is 1. The molecule has 0 heterocycles. The summed E-state index contributed by atoms with van der Waals surface area (Å²) >= 11 is 0. The number of esters is 1. The summed E-state index contributed by atoms with van der Waals surface area (Å²) in [5.41, 5.74) is 5.37. The molecule has 0 saturated carbocycles. The first kappa shape index (κ1) is 25.9. The van der Waals surface area contributed by atoms with Crippen LogP contribution in [0.5, 0.6) is 0 Å². The number of amides is 2. The summed E-state index contributed by atoms with van der Waals surface area (Å²) in [7, 11) is 0. The molecule has 1 aliphatic rings. The third-order valence-electron chi connectivity index (χ3n) is 6.31. The average molecular weight is 501 g/mol. The fourth-order valence-corrected chi connectivity index (χ4v) is 4.56. The number of benzene rings is 3. The Morgan fingerprint density at radius 1 is 0.811 bits per heavy atom. The van der Waals surface area contributed by atoms with E-state index < -0.39 is 24.0 Å². The van der Waals surface area contributed by atoms with Crippen LogP contribution in [-0.4, -0.2) is 37.2 Å². The van der Waals surface area contributed by atoms with Crippen molar-refractivity contribution in [3.8, 4) is 11.1 Å². The van der Waals surface area contributed by atoms with Crippen molar-refractivity contribution < 1.29 is 23.9 Å². The Bertz CT molecular complexity index is 1200. The molecule has 0 aromatic heterocycles. The summed E-state index contributed by atoms with van der Waals surface area (Å²) in [5, 5.41) is 5.25. The van der Waals surface area contributed by atoms with Crippen LogP contribution in [0.25, 0.3) is 11.1 Å². The lowest BCUT2D eigenvalue weighted by Crippen LogP contribution is -2.48. The number of hydrogen-bond donors (Lipinski definition) is 2. The Hall–Kier alpha value is -4.13. The predicted molar refractivity (Wildman–Crippen MR) is 141 cm³/mol. The maximum absolute atomic E-state index is 12.8. The first-order valence-electron chi connectivity index (χ1n) is 12.5. The van der Waals surface area contributed by atoms with Gasteiger partial charge in [0.25, 0.3) is 0 Å². The normalized spacial score (nSPS) is 12.8. The highest BCUT2D eigenvalue weighted by Crippen LogP contribution is 2.44. The van der Waals surface area contributed by atoms with Gasteiger partial charge in [-0.2, -0.15) is 0 Å². The summed E-state index contributed by atoms with van der Waals surface area (Å²) < 4.78 is 10.8. The topological polar surface area (TPSA) is 93.7 Å². The van der Waals surface area contributed by atoms with E-state index in [1.54, 1.807) is 0 Å². The second kappa shape index (κ2) is 12.2. The molecule has 0 unspecified atom stereocenters. The number of carbonyl (C=O) groups excluding carboxylic acids is 3. The van der Waals surface area contributed by atoms with Gasteiger partial charge in [0.1, 0.15) is 25.8 Å². The van der Waals surface area contributed by atoms with E-state index in [2.05, 4.69) is 22.8 Å². The van der Waals surface area contributed by atoms with E-state index in [0.717, 1.165) is 27.8 Å². The van der Waals surface area contributed by atoms with Crippen LogP contribution in [0, 0.1) is 5.92 Å². The lowest BCUT2D eigenvalue weighted by Gasteiger charge is -2.21. The van der Waals surface area contributed by atoms with Crippen LogP contribution in [0.3, 0.4) is 0 Å². The van der Waals surface area contributed by atoms with Gasteiger partial charge in [0.2, 0.25) is 5.91 Å². The molecule has 0 fully saturated rings. The van der Waals surface area contributed by atoms with Gasteiger partial charge in [0.05, 0.1) is 0 Å². The molecular formula is C30H32N2O5. The van der Waals surface area contributed by atoms with Crippen LogP contribution >= 0.6 is 0 Å². The molecule has 2 N–H and O–H groups in total. The molecular weight excluding hydrogens is 468 g/mol. The zero-order valence-corrected chi connectivity index (χ0v) is 21.1. The van der Waals surface area contributed by atoms with Crippen molar-refractivity contribution in [2.75, 3.05) is 13.2 Å². The third kappa shape index (κ3) is 6.76. The third-order valence-corrected chi connectivity index (χ3v) is 6.31. The monoisotopic (exact) mass is 500 g/mol. The number of hydrogen-bond acceptors (Lipinski definition) is 5. The summed E-state index contributed by atoms with van der Waals surface area (Å²) in [6.45, 7) is 3.90. The molecule has 7 heteroatoms. The fourth-order valence-electron chi connectivity index (χ4n) is 4.56. The maximum Gasteiger partial charge on any atom is 0.407 e. The van der Waals surface area contributed by atoms with Crippen molar-refractivity contribution in [3.63, 3.8) is 0 Å². The van der Waals surface area contributed by atoms with Crippen LogP contribution in [-0.2, 0) is 25.7 Å². The zero-order valence-electron chi connectivity index (χ0n) is 21.1. The minimum absolute atomic E-state index is 0.0742. The molecule has 1 atom stereocenters. The molecule has 1 aliphatic carbocycles. The van der Waals surface area contributed by atoms with Crippen molar-refractivity contribution in [1.82, 2.24) is 10.6 Å². The summed E-state index contributed by atoms with van der Waals surface area (Å²) in [6.07, 6.45) is -0.274. The maximum atomic E-state index is 12.8. The Morgan fingerprint density at radius 2 is 1.41 bits per heavy atom. The first-order valence-corrected chi connectivity index (χ1v) is 12.5. The molecule has 0 radical (unpaired) electrons. The highest BCUT2D eigenvalue weighted by molar-refractivity contribution is 5.88. The van der Waals surface area contributed by atoms with Gasteiger partial charge in [-0.25, -0.2) is 4.79 Å². The van der Waals surface area contributed by atoms with E-state index in [1.807, 2.05) is 80.6 Å². The van der Waals surface area contributed by atoms with E-state index in [4.69, 9.17) is 9.47 Å². The molecule has 192 valence electrons. The van der Waals surface area contributed by atoms with E-state index >= 15 is 0 Å². The van der Waals surface area contributed by atoms with Gasteiger partial charge < -0.3 is 20.1 Å². The zero-order chi connectivity index (χ0) is 26.2. The van der Waals surface area contributed by atoms with Crippen LogP contribution in [0.15, 0.2) is 78.9 Å². The van der Waals surface area contributed by atoms with E-state index in [-0.39, 0.29) is 31.6 Å². The van der Waals surface area contributed by atoms with Crippen LogP contribution in [0.2, 0.25) is 0 Å². The number of ether oxygens (including phenoxy) is 2. The molecule has 4 rings (SSSR count). The van der Waals surface area contributed by atoms with Crippen LogP contribution in [0.1, 0.15) is 42.9 Å². The Morgan fingerprint density at radius 3 is 2.03 bits per heavy atom. The van der Waals surface area contributed by atoms with Gasteiger partial charge >= 0.3 is 12.1 Å². The molecule has 37 heavy (non-hydrogen) atoms. The number of fused-ring (bicyclic) bond motifs is 3.